The van der Waals surface area contributed by atoms with Gasteiger partial charge in [0.2, 0.25) is 0 Å². The lowest BCUT2D eigenvalue weighted by molar-refractivity contribution is 0.0427. The monoisotopic (exact) mass is 527 g/mol. The molecule has 2 heterocycles. The molecule has 0 aromatic carbocycles. The minimum absolute atomic E-state index is 0.141. The van der Waals surface area contributed by atoms with Gasteiger partial charge >= 0.3 is 18.3 Å². The van der Waals surface area contributed by atoms with Gasteiger partial charge in [-0.25, -0.2) is 23.9 Å². The minimum Gasteiger partial charge on any atom is -0.444 e. The summed E-state index contributed by atoms with van der Waals surface area (Å²) in [7, 11) is 0. The first-order valence-electron chi connectivity index (χ1n) is 12.5. The molecule has 11 nitrogen and oxygen atoms in total. The van der Waals surface area contributed by atoms with Crippen LogP contribution in [0.15, 0.2) is 18.5 Å². The number of hydrogen-bond donors (Lipinski definition) is 1. The Labute approximate surface area is 223 Å². The van der Waals surface area contributed by atoms with Gasteiger partial charge in [-0.3, -0.25) is 0 Å². The van der Waals surface area contributed by atoms with Crippen LogP contribution in [0, 0.1) is 11.8 Å². The minimum atomic E-state index is -0.903. The van der Waals surface area contributed by atoms with E-state index >= 15 is 0 Å². The van der Waals surface area contributed by atoms with Crippen molar-refractivity contribution in [1.82, 2.24) is 19.9 Å². The number of carbonyl (C=O) groups is 3. The standard InChI is InChI=1S/C27H37N5O6/c1-24(2,3)36-21(33)30-27(14-15-27)13-10-11-18-17-28-20-19(12-16-29-32(18)20)31(22(34)37-25(4,5)6)23(35)38-26(7,8)9/h12,16-17H,13-15H2,1-9H3,(H,30,33). The van der Waals surface area contributed by atoms with Crippen LogP contribution >= 0.6 is 0 Å². The van der Waals surface area contributed by atoms with Crippen LogP contribution in [0.25, 0.3) is 5.65 Å². The Hall–Kier alpha value is -3.81. The first-order valence-corrected chi connectivity index (χ1v) is 12.5. The number of alkyl carbamates (subject to hydrolysis) is 1. The molecule has 3 amide bonds. The summed E-state index contributed by atoms with van der Waals surface area (Å²) in [5.41, 5.74) is -1.89. The van der Waals surface area contributed by atoms with Gasteiger partial charge in [0, 0.05) is 6.42 Å². The molecule has 1 saturated carbocycles. The molecule has 0 radical (unpaired) electrons. The Bertz CT molecular complexity index is 1250. The number of ether oxygens (including phenoxy) is 3. The van der Waals surface area contributed by atoms with Crippen LogP contribution in [-0.4, -0.2) is 55.2 Å². The molecule has 0 saturated heterocycles. The van der Waals surface area contributed by atoms with E-state index < -0.39 is 40.6 Å². The van der Waals surface area contributed by atoms with Crippen LogP contribution < -0.4 is 10.2 Å². The number of imide groups is 1. The van der Waals surface area contributed by atoms with Crippen LogP contribution in [0.4, 0.5) is 20.1 Å². The molecule has 11 heteroatoms. The summed E-state index contributed by atoms with van der Waals surface area (Å²) in [4.78, 5) is 43.5. The van der Waals surface area contributed by atoms with Gasteiger partial charge in [-0.1, -0.05) is 5.92 Å². The quantitative estimate of drug-likeness (QED) is 0.426. The molecule has 0 spiro atoms. The zero-order chi connectivity index (χ0) is 28.5. The lowest BCUT2D eigenvalue weighted by Crippen LogP contribution is -2.44. The van der Waals surface area contributed by atoms with E-state index in [0.717, 1.165) is 17.7 Å². The summed E-state index contributed by atoms with van der Waals surface area (Å²) in [5, 5.41) is 7.22. The van der Waals surface area contributed by atoms with Gasteiger partial charge in [-0.2, -0.15) is 10.00 Å². The van der Waals surface area contributed by atoms with Crippen molar-refractivity contribution in [2.24, 2.45) is 0 Å². The summed E-state index contributed by atoms with van der Waals surface area (Å²) in [5.74, 6) is 6.12. The number of nitrogens with zero attached hydrogens (tertiary/aromatic N) is 4. The number of carbonyl (C=O) groups excluding carboxylic acids is 3. The van der Waals surface area contributed by atoms with Gasteiger partial charge in [-0.15, -0.1) is 0 Å². The zero-order valence-electron chi connectivity index (χ0n) is 23.6. The molecular formula is C27H37N5O6. The molecule has 0 bridgehead atoms. The van der Waals surface area contributed by atoms with Crippen LogP contribution in [-0.2, 0) is 14.2 Å². The van der Waals surface area contributed by atoms with E-state index in [2.05, 4.69) is 27.2 Å². The molecule has 1 fully saturated rings. The highest BCUT2D eigenvalue weighted by Gasteiger charge is 2.44. The molecule has 206 valence electrons. The third-order valence-electron chi connectivity index (χ3n) is 5.04. The number of aromatic nitrogens is 3. The fourth-order valence-electron chi connectivity index (χ4n) is 3.35. The maximum Gasteiger partial charge on any atom is 0.424 e. The fourth-order valence-corrected chi connectivity index (χ4v) is 3.35. The van der Waals surface area contributed by atoms with Crippen LogP contribution in [0.1, 0.15) is 87.3 Å². The van der Waals surface area contributed by atoms with E-state index in [0.29, 0.717) is 12.1 Å². The van der Waals surface area contributed by atoms with E-state index in [4.69, 9.17) is 14.2 Å². The number of hydrogen-bond acceptors (Lipinski definition) is 8. The zero-order valence-corrected chi connectivity index (χ0v) is 23.6. The van der Waals surface area contributed by atoms with E-state index in [1.807, 2.05) is 20.8 Å². The highest BCUT2D eigenvalue weighted by Crippen LogP contribution is 2.38. The largest absolute Gasteiger partial charge is 0.444 e. The van der Waals surface area contributed by atoms with E-state index in [9.17, 15) is 14.4 Å². The molecule has 1 N–H and O–H groups in total. The second-order valence-electron chi connectivity index (χ2n) is 12.3. The topological polar surface area (TPSA) is 124 Å². The average Bonchev–Trinajstić information content (AvgIpc) is 3.32. The van der Waals surface area contributed by atoms with Crippen molar-refractivity contribution < 1.29 is 28.6 Å². The third kappa shape index (κ3) is 7.84. The van der Waals surface area contributed by atoms with Crippen molar-refractivity contribution in [3.05, 3.63) is 24.2 Å². The number of fused-ring (bicyclic) bond motifs is 1. The molecule has 38 heavy (non-hydrogen) atoms. The van der Waals surface area contributed by atoms with Gasteiger partial charge in [0.05, 0.1) is 17.9 Å². The molecule has 2 aromatic heterocycles. The molecule has 0 atom stereocenters. The van der Waals surface area contributed by atoms with Crippen LogP contribution in [0.5, 0.6) is 0 Å². The number of rotatable bonds is 3. The highest BCUT2D eigenvalue weighted by molar-refractivity contribution is 6.11. The Balaban J connectivity index is 1.88. The summed E-state index contributed by atoms with van der Waals surface area (Å²) in [6.07, 6.45) is 2.68. The first kappa shape index (κ1) is 28.8. The van der Waals surface area contributed by atoms with Crippen molar-refractivity contribution >= 4 is 29.6 Å². The molecule has 0 aliphatic heterocycles. The third-order valence-corrected chi connectivity index (χ3v) is 5.04. The molecule has 1 aliphatic carbocycles. The average molecular weight is 528 g/mol. The molecular weight excluding hydrogens is 490 g/mol. The Morgan fingerprint density at radius 3 is 2.03 bits per heavy atom. The van der Waals surface area contributed by atoms with Crippen molar-refractivity contribution in [3.8, 4) is 11.8 Å². The number of anilines is 1. The van der Waals surface area contributed by atoms with Crippen LogP contribution in [0.2, 0.25) is 0 Å². The summed E-state index contributed by atoms with van der Waals surface area (Å²) >= 11 is 0. The van der Waals surface area contributed by atoms with Gasteiger partial charge in [0.15, 0.2) is 5.65 Å². The highest BCUT2D eigenvalue weighted by atomic mass is 16.6. The normalized spacial score (nSPS) is 14.7. The summed E-state index contributed by atoms with van der Waals surface area (Å²) < 4.78 is 17.7. The molecule has 0 unspecified atom stereocenters. The van der Waals surface area contributed by atoms with Crippen molar-refractivity contribution in [2.75, 3.05) is 4.90 Å². The van der Waals surface area contributed by atoms with Gasteiger partial charge in [0.25, 0.3) is 0 Å². The SMILES string of the molecule is CC(C)(C)OC(=O)NC1(CC#Cc2cnc3c(N(C(=O)OC(C)(C)C)C(=O)OC(C)(C)C)ccnn23)CC1. The predicted molar refractivity (Wildman–Crippen MR) is 141 cm³/mol. The second-order valence-corrected chi connectivity index (χ2v) is 12.3. The lowest BCUT2D eigenvalue weighted by atomic mass is 10.2. The summed E-state index contributed by atoms with van der Waals surface area (Å²) in [6, 6.07) is 1.48. The number of amides is 3. The van der Waals surface area contributed by atoms with Crippen molar-refractivity contribution in [1.29, 1.82) is 0 Å². The number of imidazole rings is 1. The van der Waals surface area contributed by atoms with Crippen LogP contribution in [0.3, 0.4) is 0 Å². The van der Waals surface area contributed by atoms with Gasteiger partial charge in [-0.05, 0) is 87.1 Å². The van der Waals surface area contributed by atoms with Crippen molar-refractivity contribution in [2.45, 2.75) is 104 Å². The smallest absolute Gasteiger partial charge is 0.424 e. The Morgan fingerprint density at radius 2 is 1.53 bits per heavy atom. The molecule has 1 aliphatic rings. The second kappa shape index (κ2) is 10.2. The summed E-state index contributed by atoms with van der Waals surface area (Å²) in [6.45, 7) is 15.6. The van der Waals surface area contributed by atoms with Gasteiger partial charge < -0.3 is 19.5 Å². The number of nitrogens with one attached hydrogen (secondary N) is 1. The van der Waals surface area contributed by atoms with E-state index in [1.54, 1.807) is 41.5 Å². The maximum absolute atomic E-state index is 13.1. The first-order chi connectivity index (χ1) is 17.4. The predicted octanol–water partition coefficient (Wildman–Crippen LogP) is 5.20. The maximum atomic E-state index is 13.1. The lowest BCUT2D eigenvalue weighted by Gasteiger charge is -2.28. The molecule has 2 aromatic rings. The molecule has 3 rings (SSSR count). The van der Waals surface area contributed by atoms with Gasteiger partial charge in [0.1, 0.15) is 28.2 Å². The van der Waals surface area contributed by atoms with Crippen molar-refractivity contribution in [3.63, 3.8) is 0 Å². The van der Waals surface area contributed by atoms with E-state index in [1.165, 1.54) is 23.0 Å². The van der Waals surface area contributed by atoms with E-state index in [-0.39, 0.29) is 11.3 Å². The fraction of sp³-hybridized carbons (Fsp3) is 0.593. The Kier molecular flexibility index (Phi) is 7.69. The Morgan fingerprint density at radius 1 is 0.974 bits per heavy atom.